The number of unbranched alkanes of at least 4 members (excludes halogenated alkanes) is 22. The zero-order valence-corrected chi connectivity index (χ0v) is 26.7. The normalized spacial score (nSPS) is 12.5. The van der Waals surface area contributed by atoms with Gasteiger partial charge in [0.2, 0.25) is 0 Å². The van der Waals surface area contributed by atoms with Crippen LogP contribution in [0.3, 0.4) is 0 Å². The van der Waals surface area contributed by atoms with Crippen LogP contribution in [0.5, 0.6) is 0 Å². The van der Waals surface area contributed by atoms with E-state index >= 15 is 0 Å². The van der Waals surface area contributed by atoms with Gasteiger partial charge < -0.3 is 14.7 Å². The van der Waals surface area contributed by atoms with E-state index < -0.39 is 6.10 Å². The van der Waals surface area contributed by atoms with E-state index in [-0.39, 0.29) is 27.5 Å². The molecule has 0 radical (unpaired) electrons. The van der Waals surface area contributed by atoms with Crippen molar-refractivity contribution in [3.8, 4) is 0 Å². The molecule has 0 bridgehead atoms. The van der Waals surface area contributed by atoms with Gasteiger partial charge in [0.25, 0.3) is 0 Å². The van der Waals surface area contributed by atoms with Crippen LogP contribution < -0.4 is 0 Å². The van der Waals surface area contributed by atoms with Gasteiger partial charge in [-0.3, -0.25) is 9.59 Å². The second-order valence-corrected chi connectivity index (χ2v) is 12.6. The fraction of sp³-hybridized carbons (Fsp3) is 0.939. The summed E-state index contributed by atoms with van der Waals surface area (Å²) < 4.78 is 5.12. The average Bonchev–Trinajstić information content (AvgIpc) is 2.93. The van der Waals surface area contributed by atoms with Crippen LogP contribution in [0.2, 0.25) is 0 Å². The number of ketones is 1. The standard InChI is InChI=1S/C33H65O5P/c1-2-3-4-5-6-7-8-9-11-14-17-20-23-26-31(35)27-24-21-18-15-12-10-13-16-19-22-25-28-33(37)39-38-30-32(36)29-34/h32,34,36,39H,2-30H2,1H3. The van der Waals surface area contributed by atoms with Crippen molar-refractivity contribution in [2.24, 2.45) is 0 Å². The molecular formula is C33H65O5P. The third-order valence-electron chi connectivity index (χ3n) is 7.59. The molecule has 0 saturated heterocycles. The maximum atomic E-state index is 12.1. The molecule has 0 aromatic heterocycles. The molecule has 0 fully saturated rings. The zero-order chi connectivity index (χ0) is 28.7. The van der Waals surface area contributed by atoms with E-state index in [1.807, 2.05) is 0 Å². The predicted molar refractivity (Wildman–Crippen MR) is 168 cm³/mol. The van der Waals surface area contributed by atoms with Crippen molar-refractivity contribution in [3.63, 3.8) is 0 Å². The Hall–Kier alpha value is -0.350. The van der Waals surface area contributed by atoms with E-state index in [1.54, 1.807) is 0 Å². The summed E-state index contributed by atoms with van der Waals surface area (Å²) in [6, 6.07) is 0. The molecule has 0 aromatic carbocycles. The minimum atomic E-state index is -0.891. The van der Waals surface area contributed by atoms with E-state index in [9.17, 15) is 9.59 Å². The third kappa shape index (κ3) is 32.0. The summed E-state index contributed by atoms with van der Waals surface area (Å²) in [6.07, 6.45) is 31.9. The summed E-state index contributed by atoms with van der Waals surface area (Å²) >= 11 is 0. The van der Waals surface area contributed by atoms with Crippen molar-refractivity contribution in [1.82, 2.24) is 0 Å². The Morgan fingerprint density at radius 3 is 1.26 bits per heavy atom. The summed E-state index contributed by atoms with van der Waals surface area (Å²) in [4.78, 5) is 23.8. The van der Waals surface area contributed by atoms with Gasteiger partial charge in [-0.2, -0.15) is 0 Å². The SMILES string of the molecule is CCCCCCCCCCCCCCCC(=O)CCCCCCCCCCCCCC(=O)POCC(O)CO. The van der Waals surface area contributed by atoms with Crippen molar-refractivity contribution in [1.29, 1.82) is 0 Å². The first kappa shape index (κ1) is 38.6. The van der Waals surface area contributed by atoms with Gasteiger partial charge in [-0.05, 0) is 19.3 Å². The molecule has 2 unspecified atom stereocenters. The maximum Gasteiger partial charge on any atom is 0.178 e. The van der Waals surface area contributed by atoms with Crippen LogP contribution in [0.25, 0.3) is 0 Å². The largest absolute Gasteiger partial charge is 0.394 e. The Kier molecular flexibility index (Phi) is 31.9. The number of aliphatic hydroxyl groups is 2. The topological polar surface area (TPSA) is 83.8 Å². The molecule has 39 heavy (non-hydrogen) atoms. The van der Waals surface area contributed by atoms with Crippen LogP contribution in [0.1, 0.15) is 180 Å². The number of hydrogen-bond donors (Lipinski definition) is 2. The molecule has 6 heteroatoms. The van der Waals surface area contributed by atoms with Crippen molar-refractivity contribution in [2.75, 3.05) is 13.2 Å². The van der Waals surface area contributed by atoms with E-state index in [1.165, 1.54) is 128 Å². The highest BCUT2D eigenvalue weighted by Crippen LogP contribution is 2.19. The van der Waals surface area contributed by atoms with E-state index in [0.717, 1.165) is 38.5 Å². The Morgan fingerprint density at radius 1 is 0.564 bits per heavy atom. The first-order valence-corrected chi connectivity index (χ1v) is 17.7. The number of hydrogen-bond acceptors (Lipinski definition) is 5. The summed E-state index contributed by atoms with van der Waals surface area (Å²) in [5.74, 6) is 0.480. The molecular weight excluding hydrogens is 507 g/mol. The van der Waals surface area contributed by atoms with Gasteiger partial charge in [-0.15, -0.1) is 0 Å². The summed E-state index contributed by atoms with van der Waals surface area (Å²) in [7, 11) is -0.219. The van der Waals surface area contributed by atoms with Crippen LogP contribution >= 0.6 is 8.81 Å². The molecule has 0 heterocycles. The molecule has 0 aliphatic rings. The minimum Gasteiger partial charge on any atom is -0.394 e. The van der Waals surface area contributed by atoms with Crippen LogP contribution in [0.4, 0.5) is 0 Å². The second kappa shape index (κ2) is 32.2. The molecule has 0 aromatic rings. The Labute approximate surface area is 243 Å². The number of carbonyl (C=O) groups is 2. The van der Waals surface area contributed by atoms with Crippen molar-refractivity contribution in [2.45, 2.75) is 186 Å². The molecule has 232 valence electrons. The molecule has 2 N–H and O–H groups in total. The van der Waals surface area contributed by atoms with Crippen molar-refractivity contribution >= 4 is 20.1 Å². The molecule has 0 spiro atoms. The van der Waals surface area contributed by atoms with Crippen molar-refractivity contribution in [3.05, 3.63) is 0 Å². The van der Waals surface area contributed by atoms with E-state index in [0.29, 0.717) is 12.2 Å². The fourth-order valence-electron chi connectivity index (χ4n) is 4.99. The maximum absolute atomic E-state index is 12.1. The molecule has 0 aliphatic heterocycles. The molecule has 0 saturated carbocycles. The molecule has 0 aliphatic carbocycles. The van der Waals surface area contributed by atoms with Gasteiger partial charge in [-0.25, -0.2) is 0 Å². The lowest BCUT2D eigenvalue weighted by Gasteiger charge is -2.07. The summed E-state index contributed by atoms with van der Waals surface area (Å²) in [5.41, 5.74) is 0.0985. The number of rotatable bonds is 33. The fourth-order valence-corrected chi connectivity index (χ4v) is 5.70. The van der Waals surface area contributed by atoms with Gasteiger partial charge in [0, 0.05) is 19.3 Å². The molecule has 5 nitrogen and oxygen atoms in total. The van der Waals surface area contributed by atoms with E-state index in [2.05, 4.69) is 6.92 Å². The van der Waals surface area contributed by atoms with Gasteiger partial charge >= 0.3 is 0 Å². The molecule has 2 atom stereocenters. The number of Topliss-reactive ketones (excluding diaryl/α,β-unsaturated/α-hetero) is 1. The van der Waals surface area contributed by atoms with Gasteiger partial charge in [0.05, 0.1) is 22.0 Å². The van der Waals surface area contributed by atoms with Crippen LogP contribution in [-0.2, 0) is 14.1 Å². The van der Waals surface area contributed by atoms with Crippen LogP contribution in [0, 0.1) is 0 Å². The highest BCUT2D eigenvalue weighted by molar-refractivity contribution is 7.53. The second-order valence-electron chi connectivity index (χ2n) is 11.6. The zero-order valence-electron chi connectivity index (χ0n) is 25.7. The minimum absolute atomic E-state index is 0.0261. The quantitative estimate of drug-likeness (QED) is 0.0604. The summed E-state index contributed by atoms with van der Waals surface area (Å²) in [6.45, 7) is 1.97. The molecule has 0 rings (SSSR count). The Bertz CT molecular complexity index is 528. The van der Waals surface area contributed by atoms with Crippen LogP contribution in [0.15, 0.2) is 0 Å². The lowest BCUT2D eigenvalue weighted by atomic mass is 10.0. The number of carbonyl (C=O) groups excluding carboxylic acids is 2. The third-order valence-corrected chi connectivity index (χ3v) is 8.38. The van der Waals surface area contributed by atoms with E-state index in [4.69, 9.17) is 14.7 Å². The highest BCUT2D eigenvalue weighted by atomic mass is 31.1. The van der Waals surface area contributed by atoms with Gasteiger partial charge in [-0.1, -0.05) is 142 Å². The summed E-state index contributed by atoms with van der Waals surface area (Å²) in [5, 5.41) is 17.9. The number of aliphatic hydroxyl groups excluding tert-OH is 2. The first-order chi connectivity index (χ1) is 19.1. The monoisotopic (exact) mass is 572 g/mol. The average molecular weight is 573 g/mol. The lowest BCUT2D eigenvalue weighted by Crippen LogP contribution is -2.17. The highest BCUT2D eigenvalue weighted by Gasteiger charge is 2.06. The van der Waals surface area contributed by atoms with Crippen LogP contribution in [-0.4, -0.2) is 40.8 Å². The Morgan fingerprint density at radius 2 is 0.897 bits per heavy atom. The Balaban J connectivity index is 3.22. The predicted octanol–water partition coefficient (Wildman–Crippen LogP) is 9.60. The van der Waals surface area contributed by atoms with Crippen molar-refractivity contribution < 1.29 is 24.3 Å². The van der Waals surface area contributed by atoms with Gasteiger partial charge in [0.1, 0.15) is 11.9 Å². The molecule has 0 amide bonds. The van der Waals surface area contributed by atoms with Gasteiger partial charge in [0.15, 0.2) is 5.52 Å². The lowest BCUT2D eigenvalue weighted by molar-refractivity contribution is -0.119. The first-order valence-electron chi connectivity index (χ1n) is 16.8. The smallest absolute Gasteiger partial charge is 0.178 e.